The summed E-state index contributed by atoms with van der Waals surface area (Å²) in [5.41, 5.74) is 4.29. The van der Waals surface area contributed by atoms with Gasteiger partial charge in [0.15, 0.2) is 17.0 Å². The summed E-state index contributed by atoms with van der Waals surface area (Å²) in [5, 5.41) is 4.72. The maximum absolute atomic E-state index is 5.56. The van der Waals surface area contributed by atoms with Crippen molar-refractivity contribution in [2.24, 2.45) is 7.05 Å². The largest absolute Gasteiger partial charge is 0.378 e. The number of anilines is 1. The van der Waals surface area contributed by atoms with Crippen molar-refractivity contribution in [2.45, 2.75) is 0 Å². The predicted molar refractivity (Wildman–Crippen MR) is 123 cm³/mol. The molecule has 0 amide bonds. The number of imidazole rings is 1. The average molecular weight is 439 g/mol. The second-order valence-electron chi connectivity index (χ2n) is 7.73. The minimum Gasteiger partial charge on any atom is -0.378 e. The van der Waals surface area contributed by atoms with Gasteiger partial charge in [0.2, 0.25) is 0 Å². The fourth-order valence-corrected chi connectivity index (χ4v) is 4.00. The Bertz CT molecular complexity index is 1410. The van der Waals surface area contributed by atoms with E-state index in [9.17, 15) is 0 Å². The van der Waals surface area contributed by atoms with E-state index in [1.165, 1.54) is 0 Å². The number of aryl methyl sites for hydroxylation is 1. The number of morpholine rings is 1. The van der Waals surface area contributed by atoms with Gasteiger partial charge < -0.3 is 14.2 Å². The molecular formula is C23H21N9O. The zero-order valence-electron chi connectivity index (χ0n) is 18.0. The van der Waals surface area contributed by atoms with E-state index >= 15 is 0 Å². The Labute approximate surface area is 189 Å². The molecule has 1 fully saturated rings. The van der Waals surface area contributed by atoms with Gasteiger partial charge in [-0.1, -0.05) is 0 Å². The molecule has 0 unspecified atom stereocenters. The van der Waals surface area contributed by atoms with Crippen LogP contribution in [0.25, 0.3) is 39.8 Å². The zero-order chi connectivity index (χ0) is 22.2. The summed E-state index contributed by atoms with van der Waals surface area (Å²) in [4.78, 5) is 25.1. The Morgan fingerprint density at radius 1 is 0.818 bits per heavy atom. The lowest BCUT2D eigenvalue weighted by Gasteiger charge is -2.28. The molecular weight excluding hydrogens is 418 g/mol. The fourth-order valence-electron chi connectivity index (χ4n) is 4.00. The molecule has 0 N–H and O–H groups in total. The molecule has 10 nitrogen and oxygen atoms in total. The van der Waals surface area contributed by atoms with Crippen molar-refractivity contribution in [2.75, 3.05) is 31.2 Å². The van der Waals surface area contributed by atoms with E-state index in [0.29, 0.717) is 19.2 Å². The second kappa shape index (κ2) is 8.06. The van der Waals surface area contributed by atoms with Crippen molar-refractivity contribution < 1.29 is 4.74 Å². The number of nitrogens with zero attached hydrogens (tertiary/aromatic N) is 9. The molecule has 0 spiro atoms. The van der Waals surface area contributed by atoms with Crippen LogP contribution in [0.4, 0.5) is 5.82 Å². The summed E-state index contributed by atoms with van der Waals surface area (Å²) in [6.07, 6.45) is 8.91. The van der Waals surface area contributed by atoms with Crippen LogP contribution >= 0.6 is 0 Å². The number of pyridine rings is 2. The Balaban J connectivity index is 1.52. The summed E-state index contributed by atoms with van der Waals surface area (Å²) in [6, 6.07) is 9.69. The highest BCUT2D eigenvalue weighted by Crippen LogP contribution is 2.29. The Morgan fingerprint density at radius 3 is 2.24 bits per heavy atom. The topological polar surface area (TPSA) is 99.7 Å². The lowest BCUT2D eigenvalue weighted by Crippen LogP contribution is -2.37. The Morgan fingerprint density at radius 2 is 1.52 bits per heavy atom. The molecule has 0 aromatic carbocycles. The van der Waals surface area contributed by atoms with Crippen LogP contribution in [0.5, 0.6) is 0 Å². The van der Waals surface area contributed by atoms with Gasteiger partial charge in [-0.3, -0.25) is 9.97 Å². The van der Waals surface area contributed by atoms with Crippen molar-refractivity contribution in [3.63, 3.8) is 0 Å². The lowest BCUT2D eigenvalue weighted by atomic mass is 10.2. The quantitative estimate of drug-likeness (QED) is 0.421. The van der Waals surface area contributed by atoms with E-state index in [-0.39, 0.29) is 0 Å². The minimum absolute atomic E-state index is 0.494. The third kappa shape index (κ3) is 3.50. The van der Waals surface area contributed by atoms with Gasteiger partial charge in [0, 0.05) is 62.2 Å². The van der Waals surface area contributed by atoms with Crippen LogP contribution in [0.2, 0.25) is 0 Å². The first kappa shape index (κ1) is 19.5. The van der Waals surface area contributed by atoms with Gasteiger partial charge in [-0.25, -0.2) is 9.67 Å². The fraction of sp³-hybridized carbons (Fsp3) is 0.217. The van der Waals surface area contributed by atoms with Gasteiger partial charge in [-0.05, 0) is 30.3 Å². The molecule has 0 saturated carbocycles. The summed E-state index contributed by atoms with van der Waals surface area (Å²) >= 11 is 0. The Hall–Kier alpha value is -4.18. The Kier molecular flexibility index (Phi) is 4.76. The van der Waals surface area contributed by atoms with Crippen LogP contribution in [-0.2, 0) is 11.8 Å². The van der Waals surface area contributed by atoms with E-state index in [0.717, 1.165) is 52.7 Å². The maximum atomic E-state index is 5.56. The van der Waals surface area contributed by atoms with Crippen LogP contribution in [0.1, 0.15) is 0 Å². The highest BCUT2D eigenvalue weighted by molar-refractivity contribution is 5.87. The number of fused-ring (bicyclic) bond motifs is 1. The molecule has 5 aromatic heterocycles. The van der Waals surface area contributed by atoms with Crippen LogP contribution in [-0.4, -0.2) is 65.6 Å². The summed E-state index contributed by atoms with van der Waals surface area (Å²) in [6.45, 7) is 2.79. The van der Waals surface area contributed by atoms with Gasteiger partial charge in [0.1, 0.15) is 5.82 Å². The molecule has 0 atom stereocenters. The number of rotatable bonds is 4. The molecule has 0 radical (unpaired) electrons. The van der Waals surface area contributed by atoms with Gasteiger partial charge in [0.05, 0.1) is 18.9 Å². The molecule has 0 bridgehead atoms. The van der Waals surface area contributed by atoms with E-state index in [2.05, 4.69) is 14.9 Å². The maximum Gasteiger partial charge on any atom is 0.254 e. The normalized spacial score (nSPS) is 14.2. The number of ether oxygens (including phenoxy) is 1. The zero-order valence-corrected chi connectivity index (χ0v) is 18.0. The molecule has 0 aliphatic carbocycles. The molecule has 33 heavy (non-hydrogen) atoms. The smallest absolute Gasteiger partial charge is 0.254 e. The summed E-state index contributed by atoms with van der Waals surface area (Å²) in [7, 11) is 1.97. The highest BCUT2D eigenvalue weighted by atomic mass is 16.5. The molecule has 1 saturated heterocycles. The van der Waals surface area contributed by atoms with Crippen molar-refractivity contribution in [1.82, 2.24) is 39.3 Å². The third-order valence-electron chi connectivity index (χ3n) is 5.71. The molecule has 6 rings (SSSR count). The van der Waals surface area contributed by atoms with Crippen LogP contribution in [0.15, 0.2) is 61.3 Å². The minimum atomic E-state index is 0.494. The van der Waals surface area contributed by atoms with E-state index < -0.39 is 0 Å². The molecule has 5 aromatic rings. The van der Waals surface area contributed by atoms with Crippen molar-refractivity contribution >= 4 is 17.0 Å². The van der Waals surface area contributed by atoms with Crippen LogP contribution < -0.4 is 4.90 Å². The summed E-state index contributed by atoms with van der Waals surface area (Å²) < 4.78 is 9.26. The molecule has 1 aliphatic rings. The molecule has 6 heterocycles. The number of aromatic nitrogens is 8. The van der Waals surface area contributed by atoms with Gasteiger partial charge in [0.25, 0.3) is 5.95 Å². The lowest BCUT2D eigenvalue weighted by molar-refractivity contribution is 0.122. The third-order valence-corrected chi connectivity index (χ3v) is 5.71. The van der Waals surface area contributed by atoms with Crippen LogP contribution in [0, 0.1) is 0 Å². The van der Waals surface area contributed by atoms with Gasteiger partial charge >= 0.3 is 0 Å². The van der Waals surface area contributed by atoms with Gasteiger partial charge in [-0.15, -0.1) is 0 Å². The van der Waals surface area contributed by atoms with E-state index in [1.54, 1.807) is 29.5 Å². The van der Waals surface area contributed by atoms with Crippen molar-refractivity contribution in [1.29, 1.82) is 0 Å². The number of hydrogen-bond acceptors (Lipinski definition) is 8. The van der Waals surface area contributed by atoms with Gasteiger partial charge in [-0.2, -0.15) is 15.1 Å². The molecule has 10 heteroatoms. The van der Waals surface area contributed by atoms with E-state index in [4.69, 9.17) is 24.8 Å². The monoisotopic (exact) mass is 439 g/mol. The first-order valence-electron chi connectivity index (χ1n) is 10.7. The first-order chi connectivity index (χ1) is 16.3. The standard InChI is InChI=1S/C23H21N9O/c1-30-20(17-4-9-25-10-5-17)26-19-21(30)27-23(28-22(19)31-12-14-33-15-13-31)32-11-6-18(29-32)16-2-7-24-8-3-16/h2-11H,12-15H2,1H3. The first-order valence-corrected chi connectivity index (χ1v) is 10.7. The van der Waals surface area contributed by atoms with E-state index in [1.807, 2.05) is 48.1 Å². The highest BCUT2D eigenvalue weighted by Gasteiger charge is 2.23. The average Bonchev–Trinajstić information content (AvgIpc) is 3.51. The molecule has 164 valence electrons. The molecule has 1 aliphatic heterocycles. The van der Waals surface area contributed by atoms with Crippen molar-refractivity contribution in [3.05, 3.63) is 61.3 Å². The second-order valence-corrected chi connectivity index (χ2v) is 7.73. The van der Waals surface area contributed by atoms with Crippen molar-refractivity contribution in [3.8, 4) is 28.6 Å². The predicted octanol–water partition coefficient (Wildman–Crippen LogP) is 2.51. The number of hydrogen-bond donors (Lipinski definition) is 0. The summed E-state index contributed by atoms with van der Waals surface area (Å²) in [5.74, 6) is 2.09. The SMILES string of the molecule is Cn1c(-c2ccncc2)nc2c(N3CCOCC3)nc(-n3ccc(-c4ccncc4)n3)nc21. The van der Waals surface area contributed by atoms with Crippen LogP contribution in [0.3, 0.4) is 0 Å².